The largest absolute Gasteiger partial charge is 0.456 e. The lowest BCUT2D eigenvalue weighted by Gasteiger charge is -2.28. The molecule has 3 fully saturated rings. The number of nitrogens with one attached hydrogen (secondary N) is 1. The number of nitrogens with zero attached hydrogens (tertiary/aromatic N) is 1. The van der Waals surface area contributed by atoms with Crippen LogP contribution >= 0.6 is 31.9 Å². The molecule has 1 heterocycles. The first-order valence-corrected chi connectivity index (χ1v) is 13.3. The molecule has 0 radical (unpaired) electrons. The molecule has 4 rings (SSSR count). The van der Waals surface area contributed by atoms with Crippen LogP contribution in [-0.2, 0) is 36.8 Å². The van der Waals surface area contributed by atoms with E-state index in [0.29, 0.717) is 0 Å². The van der Waals surface area contributed by atoms with E-state index in [1.54, 1.807) is 0 Å². The second-order valence-electron chi connectivity index (χ2n) is 8.95. The van der Waals surface area contributed by atoms with Gasteiger partial charge in [-0.05, 0) is 42.2 Å². The Balaban J connectivity index is 1.28. The zero-order valence-electron chi connectivity index (χ0n) is 18.7. The predicted octanol–water partition coefficient (Wildman–Crippen LogP) is 3.46. The van der Waals surface area contributed by atoms with Gasteiger partial charge in [0.1, 0.15) is 0 Å². The molecule has 1 aromatic carbocycles. The molecule has 9 heteroatoms. The molecular weight excluding hydrogens is 556 g/mol. The summed E-state index contributed by atoms with van der Waals surface area (Å²) in [6.45, 7) is 3.61. The van der Waals surface area contributed by atoms with Crippen molar-refractivity contribution < 1.29 is 23.9 Å². The smallest absolute Gasteiger partial charge is 0.308 e. The minimum atomic E-state index is -0.609. The number of imide groups is 1. The maximum absolute atomic E-state index is 12.9. The van der Waals surface area contributed by atoms with Crippen molar-refractivity contribution in [3.8, 4) is 0 Å². The molecule has 1 aliphatic heterocycles. The number of para-hydroxylation sites is 1. The lowest BCUT2D eigenvalue weighted by Crippen LogP contribution is -2.37. The van der Waals surface area contributed by atoms with Gasteiger partial charge in [-0.3, -0.25) is 24.1 Å². The van der Waals surface area contributed by atoms with Crippen molar-refractivity contribution in [2.75, 3.05) is 18.5 Å². The van der Waals surface area contributed by atoms with E-state index in [1.807, 2.05) is 32.0 Å². The second-order valence-corrected chi connectivity index (χ2v) is 11.1. The number of amides is 3. The predicted molar refractivity (Wildman–Crippen MR) is 130 cm³/mol. The Morgan fingerprint density at radius 2 is 1.58 bits per heavy atom. The number of hydrogen-bond donors (Lipinski definition) is 1. The number of rotatable bonds is 8. The Hall–Kier alpha value is -1.74. The fraction of sp³-hybridized carbons (Fsp3) is 0.583. The van der Waals surface area contributed by atoms with Gasteiger partial charge in [0.05, 0.1) is 18.3 Å². The van der Waals surface area contributed by atoms with Gasteiger partial charge < -0.3 is 10.1 Å². The highest BCUT2D eigenvalue weighted by molar-refractivity contribution is 9.12. The van der Waals surface area contributed by atoms with Crippen LogP contribution in [-0.4, -0.2) is 51.4 Å². The van der Waals surface area contributed by atoms with Crippen LogP contribution in [0, 0.1) is 23.7 Å². The van der Waals surface area contributed by atoms with Gasteiger partial charge in [-0.2, -0.15) is 0 Å². The van der Waals surface area contributed by atoms with Crippen molar-refractivity contribution in [1.82, 2.24) is 4.90 Å². The Bertz CT molecular complexity index is 929. The normalized spacial score (nSPS) is 30.0. The van der Waals surface area contributed by atoms with Crippen LogP contribution in [0.1, 0.15) is 37.8 Å². The molecule has 0 unspecified atom stereocenters. The van der Waals surface area contributed by atoms with Gasteiger partial charge in [-0.15, -0.1) is 0 Å². The monoisotopic (exact) mass is 582 g/mol. The average Bonchev–Trinajstić information content (AvgIpc) is 3.41. The Kier molecular flexibility index (Phi) is 7.29. The molecule has 1 saturated heterocycles. The zero-order valence-corrected chi connectivity index (χ0v) is 21.9. The number of esters is 1. The first-order chi connectivity index (χ1) is 15.8. The molecule has 0 spiro atoms. The molecule has 7 nitrogen and oxygen atoms in total. The highest BCUT2D eigenvalue weighted by atomic mass is 79.9. The minimum Gasteiger partial charge on any atom is -0.456 e. The Labute approximate surface area is 210 Å². The van der Waals surface area contributed by atoms with Crippen LogP contribution in [0.5, 0.6) is 0 Å². The van der Waals surface area contributed by atoms with E-state index in [0.717, 1.165) is 36.1 Å². The number of carbonyl (C=O) groups excluding carboxylic acids is 4. The molecule has 178 valence electrons. The molecule has 1 N–H and O–H groups in total. The highest BCUT2D eigenvalue weighted by Gasteiger charge is 2.66. The minimum absolute atomic E-state index is 0.0108. The molecule has 33 heavy (non-hydrogen) atoms. The topological polar surface area (TPSA) is 92.8 Å². The molecular formula is C24H28Br2N2O5. The van der Waals surface area contributed by atoms with Gasteiger partial charge >= 0.3 is 5.97 Å². The van der Waals surface area contributed by atoms with Gasteiger partial charge in [0.15, 0.2) is 6.61 Å². The van der Waals surface area contributed by atoms with Crippen molar-refractivity contribution in [3.05, 3.63) is 29.3 Å². The van der Waals surface area contributed by atoms with Crippen LogP contribution < -0.4 is 5.32 Å². The quantitative estimate of drug-likeness (QED) is 0.287. The summed E-state index contributed by atoms with van der Waals surface area (Å²) in [5.41, 5.74) is 2.82. The lowest BCUT2D eigenvalue weighted by molar-refractivity contribution is -0.149. The summed E-state index contributed by atoms with van der Waals surface area (Å²) in [7, 11) is 0. The van der Waals surface area contributed by atoms with Crippen molar-refractivity contribution in [2.45, 2.75) is 49.2 Å². The maximum Gasteiger partial charge on any atom is 0.308 e. The summed E-state index contributed by atoms with van der Waals surface area (Å²) in [6.07, 6.45) is 2.29. The van der Waals surface area contributed by atoms with E-state index in [-0.39, 0.29) is 58.1 Å². The van der Waals surface area contributed by atoms with E-state index in [9.17, 15) is 19.2 Å². The number of benzene rings is 1. The summed E-state index contributed by atoms with van der Waals surface area (Å²) in [4.78, 5) is 52.0. The summed E-state index contributed by atoms with van der Waals surface area (Å²) in [5, 5.41) is 2.86. The Morgan fingerprint density at radius 1 is 1.03 bits per heavy atom. The number of halogens is 2. The fourth-order valence-electron chi connectivity index (χ4n) is 5.63. The van der Waals surface area contributed by atoms with Crippen molar-refractivity contribution in [3.63, 3.8) is 0 Å². The Morgan fingerprint density at radius 3 is 2.09 bits per heavy atom. The van der Waals surface area contributed by atoms with Crippen LogP contribution in [0.15, 0.2) is 18.2 Å². The standard InChI is InChI=1S/C24H28Br2N2O5/c1-3-12-6-5-7-13(4-2)22(12)27-16(29)11-33-17(30)8-9-28-23(31)18-14-10-15(19(18)24(28)32)21(26)20(14)25/h5-7,14-15,18-21H,3-4,8-11H2,1-2H3,(H,27,29)/t14-,15-,18-,19+,20+,21+/m1/s1. The molecule has 2 aliphatic carbocycles. The molecule has 3 aliphatic rings. The fourth-order valence-corrected chi connectivity index (χ4v) is 7.50. The maximum atomic E-state index is 12.9. The van der Waals surface area contributed by atoms with E-state index in [4.69, 9.17) is 4.74 Å². The summed E-state index contributed by atoms with van der Waals surface area (Å²) < 4.78 is 5.12. The number of anilines is 1. The van der Waals surface area contributed by atoms with Crippen LogP contribution in [0.25, 0.3) is 0 Å². The molecule has 2 saturated carbocycles. The highest BCUT2D eigenvalue weighted by Crippen LogP contribution is 2.60. The van der Waals surface area contributed by atoms with Gasteiger partial charge in [-0.1, -0.05) is 63.9 Å². The second kappa shape index (κ2) is 9.86. The van der Waals surface area contributed by atoms with Crippen molar-refractivity contribution >= 4 is 61.2 Å². The third-order valence-corrected chi connectivity index (χ3v) is 10.5. The average molecular weight is 584 g/mol. The molecule has 3 amide bonds. The molecule has 1 aromatic rings. The summed E-state index contributed by atoms with van der Waals surface area (Å²) in [6, 6.07) is 5.88. The SMILES string of the molecule is CCc1cccc(CC)c1NC(=O)COC(=O)CCN1C(=O)[C@@H]2[C@H]3C[C@@H]([C@H](Br)[C@H]3Br)[C@@H]2C1=O. The number of aryl methyl sites for hydroxylation is 2. The van der Waals surface area contributed by atoms with Gasteiger partial charge in [-0.25, -0.2) is 0 Å². The number of likely N-dealkylation sites (tertiary alicyclic amines) is 1. The van der Waals surface area contributed by atoms with Gasteiger partial charge in [0, 0.05) is 21.9 Å². The number of hydrogen-bond acceptors (Lipinski definition) is 5. The van der Waals surface area contributed by atoms with Crippen LogP contribution in [0.4, 0.5) is 5.69 Å². The van der Waals surface area contributed by atoms with Crippen molar-refractivity contribution in [2.24, 2.45) is 23.7 Å². The first-order valence-electron chi connectivity index (χ1n) is 11.5. The van der Waals surface area contributed by atoms with E-state index in [2.05, 4.69) is 37.2 Å². The van der Waals surface area contributed by atoms with E-state index >= 15 is 0 Å². The van der Waals surface area contributed by atoms with Crippen LogP contribution in [0.3, 0.4) is 0 Å². The third-order valence-electron chi connectivity index (χ3n) is 7.25. The molecule has 2 bridgehead atoms. The summed E-state index contributed by atoms with van der Waals surface area (Å²) in [5.74, 6) is -1.71. The molecule has 0 aromatic heterocycles. The number of ether oxygens (including phenoxy) is 1. The third kappa shape index (κ3) is 4.38. The number of alkyl halides is 2. The van der Waals surface area contributed by atoms with Gasteiger partial charge in [0.25, 0.3) is 5.91 Å². The molecule has 6 atom stereocenters. The van der Waals surface area contributed by atoms with Crippen LogP contribution in [0.2, 0.25) is 0 Å². The number of fused-ring (bicyclic) bond motifs is 5. The zero-order chi connectivity index (χ0) is 23.9. The number of carbonyl (C=O) groups is 4. The van der Waals surface area contributed by atoms with Crippen molar-refractivity contribution in [1.29, 1.82) is 0 Å². The van der Waals surface area contributed by atoms with Gasteiger partial charge in [0.2, 0.25) is 11.8 Å². The van der Waals surface area contributed by atoms with E-state index in [1.165, 1.54) is 4.90 Å². The van der Waals surface area contributed by atoms with E-state index < -0.39 is 18.5 Å². The first kappa shape index (κ1) is 24.4. The lowest BCUT2D eigenvalue weighted by atomic mass is 9.81. The summed E-state index contributed by atoms with van der Waals surface area (Å²) >= 11 is 7.32.